The van der Waals surface area contributed by atoms with Crippen molar-refractivity contribution in [2.45, 2.75) is 13.8 Å². The summed E-state index contributed by atoms with van der Waals surface area (Å²) in [4.78, 5) is 48.8. The van der Waals surface area contributed by atoms with Crippen molar-refractivity contribution in [1.82, 2.24) is 9.80 Å². The molecule has 0 atom stereocenters. The standard InChI is InChI=1S/C13H14N2O5/c1-8(2)6-14-11(17)12(18)15(13(14)19)7-9(16)10-4-3-5-20-10/h3-5,8H,6-7H2,1-2H3. The molecular formula is C13H14N2O5. The molecule has 0 aromatic carbocycles. The molecule has 1 fully saturated rings. The first kappa shape index (κ1) is 14.0. The van der Waals surface area contributed by atoms with Gasteiger partial charge in [-0.15, -0.1) is 0 Å². The number of ketones is 1. The molecule has 1 aliphatic rings. The Balaban J connectivity index is 2.13. The predicted octanol–water partition coefficient (Wildman–Crippen LogP) is 0.909. The molecule has 0 radical (unpaired) electrons. The van der Waals surface area contributed by atoms with E-state index in [9.17, 15) is 19.2 Å². The molecule has 1 aliphatic heterocycles. The van der Waals surface area contributed by atoms with Gasteiger partial charge >= 0.3 is 17.8 Å². The fourth-order valence-electron chi connectivity index (χ4n) is 1.87. The topological polar surface area (TPSA) is 87.9 Å². The fraction of sp³-hybridized carbons (Fsp3) is 0.385. The zero-order valence-electron chi connectivity index (χ0n) is 11.2. The van der Waals surface area contributed by atoms with Gasteiger partial charge in [0.1, 0.15) is 0 Å². The second-order valence-electron chi connectivity index (χ2n) is 4.88. The smallest absolute Gasteiger partial charge is 0.334 e. The third-order valence-electron chi connectivity index (χ3n) is 2.78. The van der Waals surface area contributed by atoms with Crippen LogP contribution in [-0.2, 0) is 9.59 Å². The van der Waals surface area contributed by atoms with E-state index in [0.29, 0.717) is 4.90 Å². The van der Waals surface area contributed by atoms with Crippen LogP contribution in [-0.4, -0.2) is 46.5 Å². The van der Waals surface area contributed by atoms with E-state index in [1.807, 2.05) is 13.8 Å². The van der Waals surface area contributed by atoms with Gasteiger partial charge in [0.25, 0.3) is 0 Å². The Kier molecular flexibility index (Phi) is 3.69. The molecule has 0 unspecified atom stereocenters. The van der Waals surface area contributed by atoms with E-state index < -0.39 is 30.2 Å². The maximum absolute atomic E-state index is 12.0. The first-order valence-electron chi connectivity index (χ1n) is 6.16. The average Bonchev–Trinajstić information content (AvgIpc) is 2.98. The Morgan fingerprint density at radius 2 is 1.85 bits per heavy atom. The lowest BCUT2D eigenvalue weighted by molar-refractivity contribution is -0.143. The zero-order valence-corrected chi connectivity index (χ0v) is 11.2. The number of hydrogen-bond acceptors (Lipinski definition) is 5. The van der Waals surface area contributed by atoms with Crippen molar-refractivity contribution < 1.29 is 23.6 Å². The molecule has 1 saturated heterocycles. The van der Waals surface area contributed by atoms with E-state index in [0.717, 1.165) is 4.90 Å². The molecule has 106 valence electrons. The average molecular weight is 278 g/mol. The van der Waals surface area contributed by atoms with Gasteiger partial charge < -0.3 is 4.42 Å². The third-order valence-corrected chi connectivity index (χ3v) is 2.78. The largest absolute Gasteiger partial charge is 0.461 e. The highest BCUT2D eigenvalue weighted by Crippen LogP contribution is 2.15. The molecule has 0 aliphatic carbocycles. The molecule has 2 heterocycles. The van der Waals surface area contributed by atoms with E-state index >= 15 is 0 Å². The van der Waals surface area contributed by atoms with Crippen LogP contribution in [0, 0.1) is 5.92 Å². The summed E-state index contributed by atoms with van der Waals surface area (Å²) in [6.07, 6.45) is 1.32. The Bertz CT molecular complexity index is 561. The lowest BCUT2D eigenvalue weighted by Gasteiger charge is -2.16. The van der Waals surface area contributed by atoms with Crippen LogP contribution in [0.5, 0.6) is 0 Å². The molecule has 2 rings (SSSR count). The summed E-state index contributed by atoms with van der Waals surface area (Å²) in [6.45, 7) is 3.30. The zero-order chi connectivity index (χ0) is 14.9. The van der Waals surface area contributed by atoms with E-state index in [4.69, 9.17) is 4.42 Å². The maximum Gasteiger partial charge on any atom is 0.334 e. The van der Waals surface area contributed by atoms with E-state index in [1.54, 1.807) is 0 Å². The highest BCUT2D eigenvalue weighted by atomic mass is 16.3. The van der Waals surface area contributed by atoms with Crippen molar-refractivity contribution in [2.24, 2.45) is 5.92 Å². The Morgan fingerprint density at radius 1 is 1.20 bits per heavy atom. The first-order valence-corrected chi connectivity index (χ1v) is 6.16. The highest BCUT2D eigenvalue weighted by Gasteiger charge is 2.45. The first-order chi connectivity index (χ1) is 9.41. The summed E-state index contributed by atoms with van der Waals surface area (Å²) in [5.74, 6) is -2.32. The normalized spacial score (nSPS) is 15.7. The number of nitrogens with zero attached hydrogens (tertiary/aromatic N) is 2. The number of urea groups is 1. The fourth-order valence-corrected chi connectivity index (χ4v) is 1.87. The molecule has 1 aromatic heterocycles. The van der Waals surface area contributed by atoms with Crippen molar-refractivity contribution in [3.05, 3.63) is 24.2 Å². The van der Waals surface area contributed by atoms with Gasteiger partial charge in [-0.05, 0) is 18.1 Å². The van der Waals surface area contributed by atoms with Gasteiger partial charge in [-0.1, -0.05) is 13.8 Å². The number of imide groups is 2. The molecule has 7 nitrogen and oxygen atoms in total. The number of amides is 4. The summed E-state index contributed by atoms with van der Waals surface area (Å²) < 4.78 is 4.90. The molecule has 1 aromatic rings. The van der Waals surface area contributed by atoms with Gasteiger partial charge in [0, 0.05) is 6.54 Å². The van der Waals surface area contributed by atoms with Crippen LogP contribution in [0.1, 0.15) is 24.4 Å². The van der Waals surface area contributed by atoms with Crippen molar-refractivity contribution in [1.29, 1.82) is 0 Å². The number of carbonyl (C=O) groups excluding carboxylic acids is 4. The monoisotopic (exact) mass is 278 g/mol. The molecular weight excluding hydrogens is 264 g/mol. The molecule has 0 spiro atoms. The van der Waals surface area contributed by atoms with Gasteiger partial charge in [0.2, 0.25) is 5.78 Å². The number of Topliss-reactive ketones (excluding diaryl/α,β-unsaturated/α-hetero) is 1. The second-order valence-corrected chi connectivity index (χ2v) is 4.88. The summed E-state index contributed by atoms with van der Waals surface area (Å²) >= 11 is 0. The van der Waals surface area contributed by atoms with Gasteiger partial charge in [0.15, 0.2) is 5.76 Å². The summed E-state index contributed by atoms with van der Waals surface area (Å²) in [6, 6.07) is 2.20. The van der Waals surface area contributed by atoms with Crippen molar-refractivity contribution in [3.8, 4) is 0 Å². The van der Waals surface area contributed by atoms with Crippen molar-refractivity contribution >= 4 is 23.6 Å². The van der Waals surface area contributed by atoms with E-state index in [-0.39, 0.29) is 18.2 Å². The van der Waals surface area contributed by atoms with Crippen LogP contribution in [0.2, 0.25) is 0 Å². The summed E-state index contributed by atoms with van der Waals surface area (Å²) in [7, 11) is 0. The van der Waals surface area contributed by atoms with Gasteiger partial charge in [-0.3, -0.25) is 19.3 Å². The minimum Gasteiger partial charge on any atom is -0.461 e. The lowest BCUT2D eigenvalue weighted by atomic mass is 10.2. The van der Waals surface area contributed by atoms with Crippen molar-refractivity contribution in [3.63, 3.8) is 0 Å². The SMILES string of the molecule is CC(C)CN1C(=O)C(=O)N(CC(=O)c2ccco2)C1=O. The number of carbonyl (C=O) groups is 4. The van der Waals surface area contributed by atoms with Crippen LogP contribution in [0.3, 0.4) is 0 Å². The molecule has 4 amide bonds. The quantitative estimate of drug-likeness (QED) is 0.454. The summed E-state index contributed by atoms with van der Waals surface area (Å²) in [5.41, 5.74) is 0. The van der Waals surface area contributed by atoms with Crippen molar-refractivity contribution in [2.75, 3.05) is 13.1 Å². The van der Waals surface area contributed by atoms with E-state index in [2.05, 4.69) is 0 Å². The Labute approximate surface area is 115 Å². The minimum absolute atomic E-state index is 0.0384. The van der Waals surface area contributed by atoms with Gasteiger partial charge in [-0.25, -0.2) is 9.69 Å². The highest BCUT2D eigenvalue weighted by molar-refractivity contribution is 6.45. The van der Waals surface area contributed by atoms with E-state index in [1.165, 1.54) is 18.4 Å². The number of hydrogen-bond donors (Lipinski definition) is 0. The third kappa shape index (κ3) is 2.47. The molecule has 0 bridgehead atoms. The molecule has 20 heavy (non-hydrogen) atoms. The van der Waals surface area contributed by atoms with Gasteiger partial charge in [0.05, 0.1) is 12.8 Å². The Morgan fingerprint density at radius 3 is 2.40 bits per heavy atom. The van der Waals surface area contributed by atoms with Crippen LogP contribution < -0.4 is 0 Å². The second kappa shape index (κ2) is 5.28. The summed E-state index contributed by atoms with van der Waals surface area (Å²) in [5, 5.41) is 0. The predicted molar refractivity (Wildman–Crippen MR) is 66.7 cm³/mol. The van der Waals surface area contributed by atoms with Gasteiger partial charge in [-0.2, -0.15) is 0 Å². The lowest BCUT2D eigenvalue weighted by Crippen LogP contribution is -2.38. The maximum atomic E-state index is 12.0. The van der Waals surface area contributed by atoms with Crippen LogP contribution >= 0.6 is 0 Å². The minimum atomic E-state index is -0.976. The molecule has 0 N–H and O–H groups in total. The molecule has 0 saturated carbocycles. The Hall–Kier alpha value is -2.44. The van der Waals surface area contributed by atoms with Crippen LogP contribution in [0.15, 0.2) is 22.8 Å². The molecule has 7 heteroatoms. The number of furan rings is 1. The van der Waals surface area contributed by atoms with Crippen LogP contribution in [0.4, 0.5) is 4.79 Å². The number of rotatable bonds is 5. The van der Waals surface area contributed by atoms with Crippen LogP contribution in [0.25, 0.3) is 0 Å².